The highest BCUT2D eigenvalue weighted by molar-refractivity contribution is 9.11. The lowest BCUT2D eigenvalue weighted by Crippen LogP contribution is -2.41. The van der Waals surface area contributed by atoms with Gasteiger partial charge in [-0.1, -0.05) is 170 Å². The van der Waals surface area contributed by atoms with E-state index in [0.717, 1.165) is 151 Å². The van der Waals surface area contributed by atoms with Gasteiger partial charge in [-0.25, -0.2) is 9.59 Å². The van der Waals surface area contributed by atoms with E-state index in [2.05, 4.69) is 127 Å². The van der Waals surface area contributed by atoms with Crippen LogP contribution in [0.2, 0.25) is 0 Å². The van der Waals surface area contributed by atoms with Crippen LogP contribution in [-0.4, -0.2) is 174 Å². The number of rotatable bonds is 21. The number of hydrogen-bond acceptors (Lipinski definition) is 14. The van der Waals surface area contributed by atoms with Crippen molar-refractivity contribution in [2.75, 3.05) is 19.6 Å². The number of urea groups is 2. The van der Waals surface area contributed by atoms with Gasteiger partial charge in [0.2, 0.25) is 5.91 Å². The molecule has 634 valence electrons. The molecule has 9 amide bonds. The number of carbonyl (C=O) groups excluding carboxylic acids is 8. The van der Waals surface area contributed by atoms with Crippen LogP contribution in [0.1, 0.15) is 210 Å². The van der Waals surface area contributed by atoms with Gasteiger partial charge < -0.3 is 55.9 Å². The molecule has 0 atom stereocenters. The third kappa shape index (κ3) is 27.9. The van der Waals surface area contributed by atoms with Gasteiger partial charge in [0.05, 0.1) is 17.7 Å². The summed E-state index contributed by atoms with van der Waals surface area (Å²) in [7, 11) is -0.361. The minimum atomic E-state index is -0.968. The van der Waals surface area contributed by atoms with E-state index in [4.69, 9.17) is 25.3 Å². The monoisotopic (exact) mass is 1880 g/mol. The smallest absolute Gasteiger partial charge is 0.481 e. The first-order chi connectivity index (χ1) is 55.9. The maximum absolute atomic E-state index is 12.5. The average molecular weight is 1880 g/mol. The zero-order valence-electron chi connectivity index (χ0n) is 66.5. The van der Waals surface area contributed by atoms with E-state index in [0.29, 0.717) is 62.2 Å². The standard InChI is InChI=1S/C24H23N3O3.C17H22BNO3.C13H13BrN2O2.C13H16BrNO.C10H11BrO2.C7H5BrO.C3H7N.C2H5NO2.2CH4/c28-22-14-25(24(30)27(22)20-8-9-20)12-15-1-3-16(4-2-15)17-5-10-21-18(11-17)13-26(23(21)29)19-6-7-19;1-16(2)17(3,4)22-18(21-16)12-5-8-14-11(9-12)10-19(15(14)20)13-6-7-13;14-10-3-1-9(2-4-10)7-15-8-12(17)16(13(15)18)11-5-6-11;14-11-6-4-10(5-7-11)2-1-3-13(16)15-12-8-9-12;11-9-6-4-8(5-7-9)2-1-3-10(12)13;8-7-3-1-6(5-9)2-4-7;4-3-1-2-3;3-1-2(4)5;;/h1-5,10-11,19-20H,6-9,12-14H2;5,8-9,13H,6-7,10H2,1-4H3;1-4,11H,5-8H2;4-7,12H,1-3,8-9H2,(H,15,16);4-7H,1-3H2,(H,12,13);1-5H;3H,1-2,4H2;1,3H2,(H,4,5);2*1H4. The van der Waals surface area contributed by atoms with Crippen LogP contribution in [0.4, 0.5) is 9.59 Å². The number of hydrogen-bond donors (Lipinski definition) is 5. The van der Waals surface area contributed by atoms with Crippen LogP contribution in [0.3, 0.4) is 0 Å². The van der Waals surface area contributed by atoms with E-state index in [1.54, 1.807) is 21.9 Å². The molecule has 5 heterocycles. The minimum Gasteiger partial charge on any atom is -0.481 e. The Morgan fingerprint density at radius 2 is 0.857 bits per heavy atom. The molecule has 0 radical (unpaired) electrons. The second kappa shape index (κ2) is 43.2. The maximum atomic E-state index is 12.5. The van der Waals surface area contributed by atoms with Crippen LogP contribution in [-0.2, 0) is 72.3 Å². The van der Waals surface area contributed by atoms with E-state index in [1.165, 1.54) is 46.6 Å². The van der Waals surface area contributed by atoms with E-state index in [-0.39, 0.29) is 113 Å². The van der Waals surface area contributed by atoms with Gasteiger partial charge in [-0.05, 0) is 247 Å². The fourth-order valence-electron chi connectivity index (χ4n) is 13.3. The number of nitrogens with two attached hydrogens (primary N) is 2. The van der Waals surface area contributed by atoms with Crippen molar-refractivity contribution in [2.24, 2.45) is 11.5 Å². The quantitative estimate of drug-likeness (QED) is 0.0254. The van der Waals surface area contributed by atoms with Crippen molar-refractivity contribution in [3.05, 3.63) is 226 Å². The molecular weight excluding hydrogens is 1770 g/mol. The van der Waals surface area contributed by atoms with Crippen molar-refractivity contribution >= 4 is 136 Å². The number of nitrogens with one attached hydrogen (secondary N) is 1. The zero-order valence-corrected chi connectivity index (χ0v) is 72.8. The SMILES string of the molecule is C.C.CC1(C)OB(c2ccc3c(c2)CN(C2CC2)C3=O)OC1(C)C.NC1CC1.NCC(=O)O.O=C(CCCc1ccc(Br)cc1)NC1CC1.O=C(O)CCCc1ccc(Br)cc1.O=C1CN(Cc2ccc(Br)cc2)C(=O)N1C1CC1.O=C1c2ccc(-c3ccc(CN4CC(=O)N(C5CC5)C4=O)cc3)cc2CN1C1CC1.O=Cc1ccc(Br)cc1. The summed E-state index contributed by atoms with van der Waals surface area (Å²) in [5.41, 5.74) is 21.4. The molecule has 5 aliphatic heterocycles. The van der Waals surface area contributed by atoms with Crippen LogP contribution in [0.5, 0.6) is 0 Å². The topological polar surface area (TPSA) is 313 Å². The van der Waals surface area contributed by atoms with E-state index in [1.807, 2.05) is 131 Å². The lowest BCUT2D eigenvalue weighted by Gasteiger charge is -2.32. The lowest BCUT2D eigenvalue weighted by atomic mass is 9.78. The molecule has 7 N–H and O–H groups in total. The number of aliphatic carboxylic acids is 2. The summed E-state index contributed by atoms with van der Waals surface area (Å²) >= 11 is 13.4. The van der Waals surface area contributed by atoms with Gasteiger partial charge in [-0.15, -0.1) is 0 Å². The van der Waals surface area contributed by atoms with Gasteiger partial charge in [0.1, 0.15) is 19.4 Å². The largest absolute Gasteiger partial charge is 0.494 e. The predicted octanol–water partition coefficient (Wildman–Crippen LogP) is 16.5. The highest BCUT2D eigenvalue weighted by Gasteiger charge is 2.53. The summed E-state index contributed by atoms with van der Waals surface area (Å²) in [6, 6.07) is 53.4. The van der Waals surface area contributed by atoms with Gasteiger partial charge in [-0.3, -0.25) is 48.2 Å². The fourth-order valence-corrected chi connectivity index (χ4v) is 14.4. The molecule has 18 rings (SSSR count). The van der Waals surface area contributed by atoms with Crippen LogP contribution in [0.15, 0.2) is 176 Å². The van der Waals surface area contributed by atoms with Crippen molar-refractivity contribution < 1.29 is 67.5 Å². The molecule has 119 heavy (non-hydrogen) atoms. The van der Waals surface area contributed by atoms with Crippen molar-refractivity contribution in [1.29, 1.82) is 0 Å². The number of carboxylic acids is 2. The first-order valence-electron chi connectivity index (χ1n) is 40.1. The summed E-state index contributed by atoms with van der Waals surface area (Å²) in [5, 5.41) is 19.0. The highest BCUT2D eigenvalue weighted by atomic mass is 79.9. The lowest BCUT2D eigenvalue weighted by molar-refractivity contribution is -0.137. The second-order valence-electron chi connectivity index (χ2n) is 32.1. The Labute approximate surface area is 732 Å². The Hall–Kier alpha value is -8.74. The van der Waals surface area contributed by atoms with Gasteiger partial charge >= 0.3 is 31.1 Å². The third-order valence-corrected chi connectivity index (χ3v) is 23.7. The Morgan fingerprint density at radius 3 is 1.24 bits per heavy atom. The van der Waals surface area contributed by atoms with Crippen molar-refractivity contribution in [1.82, 2.24) is 34.7 Å². The molecule has 6 aliphatic carbocycles. The number of aldehydes is 1. The first-order valence-corrected chi connectivity index (χ1v) is 43.3. The van der Waals surface area contributed by atoms with E-state index < -0.39 is 11.9 Å². The molecule has 0 unspecified atom stereocenters. The first kappa shape index (κ1) is 94.1. The number of carboxylic acid groups (broad SMARTS) is 2. The number of benzene rings is 7. The maximum Gasteiger partial charge on any atom is 0.494 e. The van der Waals surface area contributed by atoms with Crippen molar-refractivity contribution in [2.45, 2.75) is 232 Å². The zero-order chi connectivity index (χ0) is 83.8. The molecule has 0 aromatic heterocycles. The molecule has 7 aromatic rings. The molecular formula is C91H110BBr4N9O14. The molecule has 9 fully saturated rings. The molecule has 11 aliphatic rings. The van der Waals surface area contributed by atoms with Gasteiger partial charge in [0.25, 0.3) is 23.6 Å². The van der Waals surface area contributed by atoms with Gasteiger partial charge in [0, 0.05) is 110 Å². The number of carbonyl (C=O) groups is 10. The Morgan fingerprint density at radius 1 is 0.487 bits per heavy atom. The van der Waals surface area contributed by atoms with Crippen LogP contribution in [0, 0.1) is 0 Å². The summed E-state index contributed by atoms with van der Waals surface area (Å²) in [5.74, 6) is -1.27. The molecule has 3 saturated heterocycles. The number of fused-ring (bicyclic) bond motifs is 2. The van der Waals surface area contributed by atoms with Crippen LogP contribution in [0.25, 0.3) is 11.1 Å². The van der Waals surface area contributed by atoms with Crippen molar-refractivity contribution in [3.8, 4) is 11.1 Å². The molecule has 0 bridgehead atoms. The Kier molecular flexibility index (Phi) is 34.1. The second-order valence-corrected chi connectivity index (χ2v) is 35.8. The van der Waals surface area contributed by atoms with Crippen LogP contribution < -0.4 is 22.2 Å². The average Bonchev–Trinajstić information content (AvgIpc) is 1.62. The Bertz CT molecular complexity index is 4680. The third-order valence-electron chi connectivity index (χ3n) is 21.6. The predicted molar refractivity (Wildman–Crippen MR) is 475 cm³/mol. The molecule has 23 nitrogen and oxygen atoms in total. The number of halogens is 4. The summed E-state index contributed by atoms with van der Waals surface area (Å²) in [6.45, 7) is 10.7. The number of nitrogens with zero attached hydrogens (tertiary/aromatic N) is 6. The number of aryl methyl sites for hydroxylation is 2. The molecule has 6 saturated carbocycles. The van der Waals surface area contributed by atoms with Crippen LogP contribution >= 0.6 is 63.7 Å². The summed E-state index contributed by atoms with van der Waals surface area (Å²) < 4.78 is 16.4. The number of imide groups is 2. The van der Waals surface area contributed by atoms with E-state index in [9.17, 15) is 47.9 Å². The minimum absolute atomic E-state index is 0. The summed E-state index contributed by atoms with van der Waals surface area (Å²) in [4.78, 5) is 125. The molecule has 28 heteroatoms. The molecule has 7 aromatic carbocycles. The van der Waals surface area contributed by atoms with Gasteiger partial charge in [0.15, 0.2) is 0 Å². The Balaban J connectivity index is 0.000000164. The summed E-state index contributed by atoms with van der Waals surface area (Å²) in [6.07, 6.45) is 18.3. The normalized spacial score (nSPS) is 18.0. The fraction of sp³-hybridized carbons (Fsp3) is 0.429. The number of amides is 9. The van der Waals surface area contributed by atoms with E-state index >= 15 is 0 Å². The molecule has 0 spiro atoms. The van der Waals surface area contributed by atoms with Crippen molar-refractivity contribution in [3.63, 3.8) is 0 Å². The van der Waals surface area contributed by atoms with Gasteiger partial charge in [-0.2, -0.15) is 0 Å². The highest BCUT2D eigenvalue weighted by Crippen LogP contribution is 2.40.